The number of carboxylic acids is 1. The number of nitrogens with one attached hydrogen (secondary N) is 1. The number of nitrogens with zero attached hydrogens (tertiary/aromatic N) is 1. The van der Waals surface area contributed by atoms with Crippen molar-refractivity contribution in [1.82, 2.24) is 9.97 Å². The van der Waals surface area contributed by atoms with E-state index in [0.717, 1.165) is 12.1 Å². The van der Waals surface area contributed by atoms with Crippen LogP contribution in [0.25, 0.3) is 0 Å². The lowest BCUT2D eigenvalue weighted by Gasteiger charge is -2.05. The van der Waals surface area contributed by atoms with Crippen molar-refractivity contribution in [3.8, 4) is 0 Å². The molecule has 1 aromatic rings. The van der Waals surface area contributed by atoms with Crippen molar-refractivity contribution in [2.45, 2.75) is 39.5 Å². The molecule has 1 atom stereocenters. The zero-order valence-corrected chi connectivity index (χ0v) is 9.45. The summed E-state index contributed by atoms with van der Waals surface area (Å²) < 4.78 is 0. The number of aromatic nitrogens is 2. The minimum atomic E-state index is -0.817. The molecule has 0 amide bonds. The van der Waals surface area contributed by atoms with Crippen molar-refractivity contribution in [2.24, 2.45) is 5.92 Å². The fraction of sp³-hybridized carbons (Fsp3) is 0.636. The maximum atomic E-state index is 10.9. The van der Waals surface area contributed by atoms with Gasteiger partial charge in [-0.25, -0.2) is 4.98 Å². The van der Waals surface area contributed by atoms with Gasteiger partial charge in [-0.3, -0.25) is 4.79 Å². The normalized spacial score (nSPS) is 13.1. The van der Waals surface area contributed by atoms with Crippen LogP contribution in [0.3, 0.4) is 0 Å². The zero-order chi connectivity index (χ0) is 11.4. The van der Waals surface area contributed by atoms with Crippen LogP contribution < -0.4 is 0 Å². The Hall–Kier alpha value is -1.32. The van der Waals surface area contributed by atoms with E-state index in [2.05, 4.69) is 23.8 Å². The molecule has 0 saturated heterocycles. The highest BCUT2D eigenvalue weighted by atomic mass is 16.4. The standard InChI is InChI=1S/C11H18N2O2/c1-4-9(11(14)15)10-12-6-8(13-10)5-7(2)3/h6-7,9H,4-5H2,1-3H3,(H,12,13)(H,14,15). The highest BCUT2D eigenvalue weighted by Gasteiger charge is 2.20. The molecule has 4 nitrogen and oxygen atoms in total. The van der Waals surface area contributed by atoms with Gasteiger partial charge in [-0.2, -0.15) is 0 Å². The minimum absolute atomic E-state index is 0.508. The molecule has 2 N–H and O–H groups in total. The number of hydrogen-bond donors (Lipinski definition) is 2. The van der Waals surface area contributed by atoms with Crippen LogP contribution in [0.1, 0.15) is 44.6 Å². The lowest BCUT2D eigenvalue weighted by atomic mass is 10.1. The van der Waals surface area contributed by atoms with E-state index in [4.69, 9.17) is 5.11 Å². The van der Waals surface area contributed by atoms with Gasteiger partial charge in [0.1, 0.15) is 11.7 Å². The first kappa shape index (κ1) is 11.8. The van der Waals surface area contributed by atoms with Crippen LogP contribution in [0, 0.1) is 5.92 Å². The second-order valence-corrected chi connectivity index (χ2v) is 4.19. The van der Waals surface area contributed by atoms with E-state index in [-0.39, 0.29) is 0 Å². The molecule has 4 heteroatoms. The van der Waals surface area contributed by atoms with E-state index in [1.54, 1.807) is 6.20 Å². The van der Waals surface area contributed by atoms with Gasteiger partial charge in [-0.1, -0.05) is 20.8 Å². The smallest absolute Gasteiger partial charge is 0.314 e. The van der Waals surface area contributed by atoms with Gasteiger partial charge in [0.05, 0.1) is 0 Å². The van der Waals surface area contributed by atoms with Crippen molar-refractivity contribution in [3.05, 3.63) is 17.7 Å². The van der Waals surface area contributed by atoms with E-state index in [9.17, 15) is 4.79 Å². The van der Waals surface area contributed by atoms with Gasteiger partial charge >= 0.3 is 5.97 Å². The molecule has 15 heavy (non-hydrogen) atoms. The third-order valence-corrected chi connectivity index (χ3v) is 2.31. The summed E-state index contributed by atoms with van der Waals surface area (Å²) in [4.78, 5) is 18.1. The maximum absolute atomic E-state index is 10.9. The Bertz CT molecular complexity index is 331. The summed E-state index contributed by atoms with van der Waals surface area (Å²) in [5, 5.41) is 8.96. The van der Waals surface area contributed by atoms with Crippen LogP contribution in [0.15, 0.2) is 6.20 Å². The number of carboxylic acid groups (broad SMARTS) is 1. The first-order valence-electron chi connectivity index (χ1n) is 5.31. The van der Waals surface area contributed by atoms with Crippen LogP contribution in [-0.2, 0) is 11.2 Å². The van der Waals surface area contributed by atoms with E-state index in [1.165, 1.54) is 0 Å². The van der Waals surface area contributed by atoms with Gasteiger partial charge in [-0.15, -0.1) is 0 Å². The van der Waals surface area contributed by atoms with Gasteiger partial charge < -0.3 is 10.1 Å². The molecular formula is C11H18N2O2. The molecule has 0 saturated carbocycles. The van der Waals surface area contributed by atoms with E-state index in [0.29, 0.717) is 18.2 Å². The molecule has 0 fully saturated rings. The van der Waals surface area contributed by atoms with E-state index < -0.39 is 11.9 Å². The molecule has 0 bridgehead atoms. The zero-order valence-electron chi connectivity index (χ0n) is 9.45. The number of rotatable bonds is 5. The summed E-state index contributed by atoms with van der Waals surface area (Å²) in [5.74, 6) is -0.210. The van der Waals surface area contributed by atoms with Crippen LogP contribution in [0.2, 0.25) is 0 Å². The fourth-order valence-electron chi connectivity index (χ4n) is 1.58. The van der Waals surface area contributed by atoms with Crippen molar-refractivity contribution in [2.75, 3.05) is 0 Å². The fourth-order valence-corrected chi connectivity index (χ4v) is 1.58. The second-order valence-electron chi connectivity index (χ2n) is 4.19. The number of imidazole rings is 1. The Labute approximate surface area is 89.7 Å². The summed E-state index contributed by atoms with van der Waals surface area (Å²) in [6, 6.07) is 0. The van der Waals surface area contributed by atoms with Crippen molar-refractivity contribution < 1.29 is 9.90 Å². The molecule has 1 aromatic heterocycles. The molecule has 0 aliphatic carbocycles. The molecule has 84 valence electrons. The van der Waals surface area contributed by atoms with Gasteiger partial charge in [0.2, 0.25) is 0 Å². The third kappa shape index (κ3) is 3.08. The largest absolute Gasteiger partial charge is 0.481 e. The highest BCUT2D eigenvalue weighted by molar-refractivity contribution is 5.74. The predicted molar refractivity (Wildman–Crippen MR) is 57.8 cm³/mol. The van der Waals surface area contributed by atoms with Crippen molar-refractivity contribution in [1.29, 1.82) is 0 Å². The molecule has 1 heterocycles. The summed E-state index contributed by atoms with van der Waals surface area (Å²) in [5.41, 5.74) is 1.01. The Morgan fingerprint density at radius 1 is 1.60 bits per heavy atom. The predicted octanol–water partition coefficient (Wildman–Crippen LogP) is 2.19. The molecular weight excluding hydrogens is 192 g/mol. The number of hydrogen-bond acceptors (Lipinski definition) is 2. The minimum Gasteiger partial charge on any atom is -0.481 e. The Morgan fingerprint density at radius 2 is 2.27 bits per heavy atom. The van der Waals surface area contributed by atoms with Crippen LogP contribution in [0.5, 0.6) is 0 Å². The van der Waals surface area contributed by atoms with Crippen LogP contribution in [-0.4, -0.2) is 21.0 Å². The molecule has 0 radical (unpaired) electrons. The van der Waals surface area contributed by atoms with Crippen LogP contribution in [0.4, 0.5) is 0 Å². The number of carbonyl (C=O) groups is 1. The number of aromatic amines is 1. The SMILES string of the molecule is CCC(C(=O)O)c1ncc(CC(C)C)[nH]1. The number of aliphatic carboxylic acids is 1. The lowest BCUT2D eigenvalue weighted by Crippen LogP contribution is -2.12. The molecule has 0 aliphatic heterocycles. The topological polar surface area (TPSA) is 66.0 Å². The lowest BCUT2D eigenvalue weighted by molar-refractivity contribution is -0.139. The van der Waals surface area contributed by atoms with Crippen molar-refractivity contribution in [3.63, 3.8) is 0 Å². The Kier molecular flexibility index (Phi) is 3.88. The average molecular weight is 210 g/mol. The van der Waals surface area contributed by atoms with E-state index in [1.807, 2.05) is 6.92 Å². The molecule has 1 rings (SSSR count). The van der Waals surface area contributed by atoms with Crippen LogP contribution >= 0.6 is 0 Å². The monoisotopic (exact) mass is 210 g/mol. The number of H-pyrrole nitrogens is 1. The Morgan fingerprint density at radius 3 is 2.73 bits per heavy atom. The van der Waals surface area contributed by atoms with Gasteiger partial charge in [0, 0.05) is 11.9 Å². The summed E-state index contributed by atoms with van der Waals surface area (Å²) >= 11 is 0. The van der Waals surface area contributed by atoms with Crippen molar-refractivity contribution >= 4 is 5.97 Å². The average Bonchev–Trinajstić information content (AvgIpc) is 2.52. The summed E-state index contributed by atoms with van der Waals surface area (Å²) in [6.07, 6.45) is 3.20. The second kappa shape index (κ2) is 4.96. The molecule has 0 aliphatic rings. The highest BCUT2D eigenvalue weighted by Crippen LogP contribution is 2.17. The first-order chi connectivity index (χ1) is 7.04. The summed E-state index contributed by atoms with van der Waals surface area (Å²) in [7, 11) is 0. The van der Waals surface area contributed by atoms with Gasteiger partial charge in [0.15, 0.2) is 0 Å². The van der Waals surface area contributed by atoms with E-state index >= 15 is 0 Å². The molecule has 0 spiro atoms. The quantitative estimate of drug-likeness (QED) is 0.782. The van der Waals surface area contributed by atoms with Gasteiger partial charge in [-0.05, 0) is 18.8 Å². The molecule has 0 aromatic carbocycles. The molecule has 1 unspecified atom stereocenters. The third-order valence-electron chi connectivity index (χ3n) is 2.31. The Balaban J connectivity index is 2.78. The summed E-state index contributed by atoms with van der Waals surface area (Å²) in [6.45, 7) is 6.09. The maximum Gasteiger partial charge on any atom is 0.314 e. The first-order valence-corrected chi connectivity index (χ1v) is 5.31. The van der Waals surface area contributed by atoms with Gasteiger partial charge in [0.25, 0.3) is 0 Å².